The van der Waals surface area contributed by atoms with E-state index in [1.54, 1.807) is 30.3 Å². The van der Waals surface area contributed by atoms with Crippen LogP contribution in [0.2, 0.25) is 0 Å². The molecule has 2 aromatic carbocycles. The predicted octanol–water partition coefficient (Wildman–Crippen LogP) is 3.52. The standard InChI is InChI=1S/C20H19NO6S/c1-25-14-7-8-15(22)13(11-14)12-18-19(23)21(20(24)28-18)9-10-27-17-6-4-3-5-16(17)26-2/h3-8,11-12,22H,9-10H2,1-2H3/b18-12-. The molecule has 1 aliphatic heterocycles. The van der Waals surface area contributed by atoms with Gasteiger partial charge in [-0.15, -0.1) is 0 Å². The fourth-order valence-electron chi connectivity index (χ4n) is 2.59. The van der Waals surface area contributed by atoms with E-state index in [-0.39, 0.29) is 29.0 Å². The molecule has 1 fully saturated rings. The topological polar surface area (TPSA) is 85.3 Å². The lowest BCUT2D eigenvalue weighted by Gasteiger charge is -2.14. The molecular weight excluding hydrogens is 382 g/mol. The van der Waals surface area contributed by atoms with Crippen molar-refractivity contribution in [1.29, 1.82) is 0 Å². The summed E-state index contributed by atoms with van der Waals surface area (Å²) in [5.41, 5.74) is 0.398. The zero-order valence-electron chi connectivity index (χ0n) is 15.4. The van der Waals surface area contributed by atoms with Gasteiger partial charge in [-0.2, -0.15) is 0 Å². The minimum Gasteiger partial charge on any atom is -0.507 e. The molecule has 1 saturated heterocycles. The van der Waals surface area contributed by atoms with Crippen LogP contribution in [0.5, 0.6) is 23.0 Å². The lowest BCUT2D eigenvalue weighted by molar-refractivity contribution is -0.123. The molecule has 0 spiro atoms. The van der Waals surface area contributed by atoms with E-state index in [9.17, 15) is 14.7 Å². The number of nitrogens with zero attached hydrogens (tertiary/aromatic N) is 1. The lowest BCUT2D eigenvalue weighted by Crippen LogP contribution is -2.32. The Hall–Kier alpha value is -3.13. The number of amides is 2. The van der Waals surface area contributed by atoms with Crippen LogP contribution in [0.3, 0.4) is 0 Å². The Morgan fingerprint density at radius 1 is 1.07 bits per heavy atom. The molecule has 0 aliphatic carbocycles. The number of ether oxygens (including phenoxy) is 3. The van der Waals surface area contributed by atoms with E-state index in [0.717, 1.165) is 16.7 Å². The summed E-state index contributed by atoms with van der Waals surface area (Å²) in [6.45, 7) is 0.236. The number of thioether (sulfide) groups is 1. The number of imide groups is 1. The highest BCUT2D eigenvalue weighted by Crippen LogP contribution is 2.35. The number of carbonyl (C=O) groups excluding carboxylic acids is 2. The Morgan fingerprint density at radius 2 is 1.82 bits per heavy atom. The van der Waals surface area contributed by atoms with Crippen molar-refractivity contribution < 1.29 is 28.9 Å². The molecular formula is C20H19NO6S. The number of para-hydroxylation sites is 2. The molecule has 7 nitrogen and oxygen atoms in total. The Morgan fingerprint density at radius 3 is 2.54 bits per heavy atom. The van der Waals surface area contributed by atoms with Gasteiger partial charge in [-0.25, -0.2) is 0 Å². The summed E-state index contributed by atoms with van der Waals surface area (Å²) < 4.78 is 16.0. The second-order valence-electron chi connectivity index (χ2n) is 5.76. The summed E-state index contributed by atoms with van der Waals surface area (Å²) in [4.78, 5) is 26.1. The van der Waals surface area contributed by atoms with Gasteiger partial charge in [0.05, 0.1) is 25.7 Å². The highest BCUT2D eigenvalue weighted by atomic mass is 32.2. The summed E-state index contributed by atoms with van der Waals surface area (Å²) in [7, 11) is 3.04. The first-order valence-electron chi connectivity index (χ1n) is 8.41. The van der Waals surface area contributed by atoms with Gasteiger partial charge in [-0.05, 0) is 48.2 Å². The number of rotatable bonds is 7. The number of hydrogen-bond donors (Lipinski definition) is 1. The molecule has 28 heavy (non-hydrogen) atoms. The van der Waals surface area contributed by atoms with Crippen molar-refractivity contribution in [2.45, 2.75) is 0 Å². The van der Waals surface area contributed by atoms with Crippen LogP contribution >= 0.6 is 11.8 Å². The third-order valence-electron chi connectivity index (χ3n) is 4.04. The van der Waals surface area contributed by atoms with Gasteiger partial charge >= 0.3 is 0 Å². The Balaban J connectivity index is 1.68. The maximum absolute atomic E-state index is 12.6. The van der Waals surface area contributed by atoms with E-state index < -0.39 is 5.91 Å². The summed E-state index contributed by atoms with van der Waals surface area (Å²) in [5.74, 6) is 1.21. The van der Waals surface area contributed by atoms with Crippen LogP contribution in [0, 0.1) is 0 Å². The van der Waals surface area contributed by atoms with Crippen LogP contribution in [0.25, 0.3) is 6.08 Å². The minimum absolute atomic E-state index is 0.00731. The van der Waals surface area contributed by atoms with Crippen LogP contribution in [-0.2, 0) is 4.79 Å². The van der Waals surface area contributed by atoms with Crippen LogP contribution in [0.1, 0.15) is 5.56 Å². The van der Waals surface area contributed by atoms with Crippen molar-refractivity contribution in [1.82, 2.24) is 4.90 Å². The molecule has 0 radical (unpaired) electrons. The molecule has 3 rings (SSSR count). The predicted molar refractivity (Wildman–Crippen MR) is 106 cm³/mol. The van der Waals surface area contributed by atoms with Gasteiger partial charge in [0.15, 0.2) is 11.5 Å². The van der Waals surface area contributed by atoms with Crippen molar-refractivity contribution in [3.8, 4) is 23.0 Å². The van der Waals surface area contributed by atoms with Crippen molar-refractivity contribution in [2.75, 3.05) is 27.4 Å². The van der Waals surface area contributed by atoms with Crippen LogP contribution in [0.4, 0.5) is 4.79 Å². The average molecular weight is 401 g/mol. The van der Waals surface area contributed by atoms with Gasteiger partial charge in [0.2, 0.25) is 0 Å². The first kappa shape index (κ1) is 19.6. The molecule has 2 amide bonds. The smallest absolute Gasteiger partial charge is 0.293 e. The van der Waals surface area contributed by atoms with E-state index in [0.29, 0.717) is 22.8 Å². The summed E-state index contributed by atoms with van der Waals surface area (Å²) in [5, 5.41) is 9.59. The Labute approximate surface area is 166 Å². The van der Waals surface area contributed by atoms with Crippen LogP contribution < -0.4 is 14.2 Å². The minimum atomic E-state index is -0.430. The zero-order chi connectivity index (χ0) is 20.1. The SMILES string of the molecule is COc1ccc(O)c(/C=C2\SC(=O)N(CCOc3ccccc3OC)C2=O)c1. The second-order valence-corrected chi connectivity index (χ2v) is 6.75. The fourth-order valence-corrected chi connectivity index (χ4v) is 3.45. The number of benzene rings is 2. The Bertz CT molecular complexity index is 927. The van der Waals surface area contributed by atoms with Crippen molar-refractivity contribution >= 4 is 29.0 Å². The number of aromatic hydroxyl groups is 1. The molecule has 0 unspecified atom stereocenters. The molecule has 1 N–H and O–H groups in total. The molecule has 2 aromatic rings. The largest absolute Gasteiger partial charge is 0.507 e. The van der Waals surface area contributed by atoms with Gasteiger partial charge in [0.1, 0.15) is 18.1 Å². The number of carbonyl (C=O) groups is 2. The van der Waals surface area contributed by atoms with E-state index in [2.05, 4.69) is 0 Å². The maximum atomic E-state index is 12.6. The Kier molecular flexibility index (Phi) is 6.10. The number of methoxy groups -OCH3 is 2. The summed E-state index contributed by atoms with van der Waals surface area (Å²) >= 11 is 0.819. The van der Waals surface area contributed by atoms with Gasteiger partial charge < -0.3 is 19.3 Å². The third kappa shape index (κ3) is 4.23. The summed E-state index contributed by atoms with van der Waals surface area (Å²) in [6, 6.07) is 11.8. The van der Waals surface area contributed by atoms with Crippen molar-refractivity contribution in [3.05, 3.63) is 52.9 Å². The van der Waals surface area contributed by atoms with Crippen LogP contribution in [0.15, 0.2) is 47.4 Å². The van der Waals surface area contributed by atoms with Gasteiger partial charge in [0, 0.05) is 5.56 Å². The molecule has 0 atom stereocenters. The maximum Gasteiger partial charge on any atom is 0.293 e. The fraction of sp³-hybridized carbons (Fsp3) is 0.200. The van der Waals surface area contributed by atoms with Gasteiger partial charge in [0.25, 0.3) is 11.1 Å². The van der Waals surface area contributed by atoms with Gasteiger partial charge in [-0.1, -0.05) is 12.1 Å². The molecule has 0 bridgehead atoms. The molecule has 1 aliphatic rings. The number of hydrogen-bond acceptors (Lipinski definition) is 7. The van der Waals surface area contributed by atoms with Crippen molar-refractivity contribution in [3.63, 3.8) is 0 Å². The first-order chi connectivity index (χ1) is 13.5. The zero-order valence-corrected chi connectivity index (χ0v) is 16.2. The monoisotopic (exact) mass is 401 g/mol. The molecule has 0 aromatic heterocycles. The average Bonchev–Trinajstić information content (AvgIpc) is 2.97. The van der Waals surface area contributed by atoms with Crippen molar-refractivity contribution in [2.24, 2.45) is 0 Å². The van der Waals surface area contributed by atoms with E-state index in [4.69, 9.17) is 14.2 Å². The molecule has 8 heteroatoms. The molecule has 1 heterocycles. The van der Waals surface area contributed by atoms with E-state index in [1.807, 2.05) is 6.07 Å². The van der Waals surface area contributed by atoms with E-state index >= 15 is 0 Å². The highest BCUT2D eigenvalue weighted by molar-refractivity contribution is 8.18. The highest BCUT2D eigenvalue weighted by Gasteiger charge is 2.35. The molecule has 146 valence electrons. The van der Waals surface area contributed by atoms with Gasteiger partial charge in [-0.3, -0.25) is 14.5 Å². The quantitative estimate of drug-likeness (QED) is 0.711. The first-order valence-corrected chi connectivity index (χ1v) is 9.23. The third-order valence-corrected chi connectivity index (χ3v) is 4.94. The molecule has 0 saturated carbocycles. The van der Waals surface area contributed by atoms with E-state index in [1.165, 1.54) is 26.4 Å². The number of phenolic OH excluding ortho intramolecular Hbond substituents is 1. The second kappa shape index (κ2) is 8.71. The number of phenols is 1. The summed E-state index contributed by atoms with van der Waals surface area (Å²) in [6.07, 6.45) is 1.48. The van der Waals surface area contributed by atoms with Crippen LogP contribution in [-0.4, -0.2) is 48.5 Å². The lowest BCUT2D eigenvalue weighted by atomic mass is 10.1. The normalized spacial score (nSPS) is 15.2.